The lowest BCUT2D eigenvalue weighted by Crippen LogP contribution is -2.10. The first-order chi connectivity index (χ1) is 9.58. The molecule has 1 N–H and O–H groups in total. The SMILES string of the molecule is CC(C)Oc1cncc(C(O)C(C)c2ccccc2)c1. The number of nitrogens with zero attached hydrogens (tertiary/aromatic N) is 1. The van der Waals surface area contributed by atoms with E-state index in [1.165, 1.54) is 0 Å². The summed E-state index contributed by atoms with van der Waals surface area (Å²) in [5, 5.41) is 10.5. The molecule has 106 valence electrons. The largest absolute Gasteiger partial charge is 0.489 e. The molecule has 1 aromatic heterocycles. The van der Waals surface area contributed by atoms with Gasteiger partial charge in [-0.2, -0.15) is 0 Å². The highest BCUT2D eigenvalue weighted by molar-refractivity contribution is 5.29. The summed E-state index contributed by atoms with van der Waals surface area (Å²) >= 11 is 0. The number of hydrogen-bond donors (Lipinski definition) is 1. The minimum absolute atomic E-state index is 0.00676. The molecule has 0 aliphatic rings. The van der Waals surface area contributed by atoms with Crippen LogP contribution < -0.4 is 4.74 Å². The lowest BCUT2D eigenvalue weighted by atomic mass is 9.91. The number of hydrogen-bond acceptors (Lipinski definition) is 3. The van der Waals surface area contributed by atoms with E-state index in [1.807, 2.05) is 57.2 Å². The summed E-state index contributed by atoms with van der Waals surface area (Å²) in [7, 11) is 0. The van der Waals surface area contributed by atoms with Gasteiger partial charge in [0.05, 0.1) is 18.4 Å². The third kappa shape index (κ3) is 3.58. The van der Waals surface area contributed by atoms with Gasteiger partial charge in [-0.1, -0.05) is 37.3 Å². The van der Waals surface area contributed by atoms with E-state index in [4.69, 9.17) is 4.74 Å². The molecule has 2 unspecified atom stereocenters. The van der Waals surface area contributed by atoms with Crippen molar-refractivity contribution in [1.29, 1.82) is 0 Å². The molecule has 0 bridgehead atoms. The highest BCUT2D eigenvalue weighted by Gasteiger charge is 2.19. The quantitative estimate of drug-likeness (QED) is 0.901. The lowest BCUT2D eigenvalue weighted by Gasteiger charge is -2.20. The van der Waals surface area contributed by atoms with Crippen LogP contribution in [0.15, 0.2) is 48.8 Å². The van der Waals surface area contributed by atoms with Crippen LogP contribution in [0, 0.1) is 0 Å². The maximum absolute atomic E-state index is 10.5. The number of aliphatic hydroxyl groups excluding tert-OH is 1. The molecule has 2 atom stereocenters. The van der Waals surface area contributed by atoms with Gasteiger partial charge in [0.2, 0.25) is 0 Å². The predicted molar refractivity (Wildman–Crippen MR) is 79.8 cm³/mol. The van der Waals surface area contributed by atoms with E-state index in [9.17, 15) is 5.11 Å². The maximum atomic E-state index is 10.5. The van der Waals surface area contributed by atoms with Crippen LogP contribution >= 0.6 is 0 Å². The maximum Gasteiger partial charge on any atom is 0.138 e. The Balaban J connectivity index is 2.18. The second-order valence-electron chi connectivity index (χ2n) is 5.26. The molecule has 20 heavy (non-hydrogen) atoms. The Kier molecular flexibility index (Phi) is 4.74. The van der Waals surface area contributed by atoms with Gasteiger partial charge in [0, 0.05) is 17.7 Å². The average Bonchev–Trinajstić information content (AvgIpc) is 2.46. The fraction of sp³-hybridized carbons (Fsp3) is 0.353. The first kappa shape index (κ1) is 14.5. The third-order valence-electron chi connectivity index (χ3n) is 3.25. The number of pyridine rings is 1. The molecule has 0 saturated carbocycles. The van der Waals surface area contributed by atoms with Gasteiger partial charge in [0.25, 0.3) is 0 Å². The fourth-order valence-corrected chi connectivity index (χ4v) is 2.16. The molecule has 0 radical (unpaired) electrons. The standard InChI is InChI=1S/C17H21NO2/c1-12(2)20-16-9-15(10-18-11-16)17(19)13(3)14-7-5-4-6-8-14/h4-13,17,19H,1-3H3. The minimum Gasteiger partial charge on any atom is -0.489 e. The fourth-order valence-electron chi connectivity index (χ4n) is 2.16. The smallest absolute Gasteiger partial charge is 0.138 e. The summed E-state index contributed by atoms with van der Waals surface area (Å²) in [6.07, 6.45) is 2.86. The number of benzene rings is 1. The van der Waals surface area contributed by atoms with Crippen LogP contribution in [-0.4, -0.2) is 16.2 Å². The number of ether oxygens (including phenoxy) is 1. The second kappa shape index (κ2) is 6.53. The zero-order valence-corrected chi connectivity index (χ0v) is 12.2. The number of aliphatic hydroxyl groups is 1. The molecule has 0 saturated heterocycles. The first-order valence-corrected chi connectivity index (χ1v) is 6.92. The average molecular weight is 271 g/mol. The van der Waals surface area contributed by atoms with Crippen molar-refractivity contribution in [3.63, 3.8) is 0 Å². The molecule has 0 amide bonds. The summed E-state index contributed by atoms with van der Waals surface area (Å²) in [6, 6.07) is 11.8. The third-order valence-corrected chi connectivity index (χ3v) is 3.25. The Morgan fingerprint density at radius 3 is 2.35 bits per heavy atom. The Morgan fingerprint density at radius 2 is 1.70 bits per heavy atom. The molecular weight excluding hydrogens is 250 g/mol. The second-order valence-corrected chi connectivity index (χ2v) is 5.26. The van der Waals surface area contributed by atoms with Crippen LogP contribution in [0.3, 0.4) is 0 Å². The number of rotatable bonds is 5. The topological polar surface area (TPSA) is 42.4 Å². The molecule has 2 rings (SSSR count). The minimum atomic E-state index is -0.597. The van der Waals surface area contributed by atoms with Crippen molar-refractivity contribution >= 4 is 0 Å². The van der Waals surface area contributed by atoms with Crippen molar-refractivity contribution in [2.45, 2.75) is 38.9 Å². The van der Waals surface area contributed by atoms with Gasteiger partial charge >= 0.3 is 0 Å². The van der Waals surface area contributed by atoms with Crippen LogP contribution in [0.2, 0.25) is 0 Å². The van der Waals surface area contributed by atoms with Gasteiger partial charge in [0.1, 0.15) is 5.75 Å². The Hall–Kier alpha value is -1.87. The van der Waals surface area contributed by atoms with E-state index in [0.717, 1.165) is 11.1 Å². The molecule has 0 fully saturated rings. The Bertz CT molecular complexity index is 540. The van der Waals surface area contributed by atoms with Gasteiger partial charge in [-0.15, -0.1) is 0 Å². The van der Waals surface area contributed by atoms with Crippen LogP contribution in [0.4, 0.5) is 0 Å². The van der Waals surface area contributed by atoms with Gasteiger partial charge < -0.3 is 9.84 Å². The van der Waals surface area contributed by atoms with Gasteiger partial charge in [-0.25, -0.2) is 0 Å². The monoisotopic (exact) mass is 271 g/mol. The van der Waals surface area contributed by atoms with E-state index in [1.54, 1.807) is 12.4 Å². The Morgan fingerprint density at radius 1 is 1.00 bits per heavy atom. The molecule has 3 heteroatoms. The van der Waals surface area contributed by atoms with Crippen LogP contribution in [-0.2, 0) is 0 Å². The van der Waals surface area contributed by atoms with E-state index in [0.29, 0.717) is 5.75 Å². The molecule has 3 nitrogen and oxygen atoms in total. The summed E-state index contributed by atoms with van der Waals surface area (Å²) < 4.78 is 5.62. The zero-order valence-electron chi connectivity index (χ0n) is 12.2. The normalized spacial score (nSPS) is 14.1. The van der Waals surface area contributed by atoms with Crippen molar-refractivity contribution < 1.29 is 9.84 Å². The van der Waals surface area contributed by atoms with Crippen molar-refractivity contribution in [3.05, 3.63) is 59.9 Å². The van der Waals surface area contributed by atoms with E-state index >= 15 is 0 Å². The zero-order chi connectivity index (χ0) is 14.5. The summed E-state index contributed by atoms with van der Waals surface area (Å²) in [6.45, 7) is 5.95. The van der Waals surface area contributed by atoms with Crippen LogP contribution in [0.5, 0.6) is 5.75 Å². The highest BCUT2D eigenvalue weighted by Crippen LogP contribution is 2.31. The lowest BCUT2D eigenvalue weighted by molar-refractivity contribution is 0.150. The molecule has 0 spiro atoms. The van der Waals surface area contributed by atoms with Gasteiger partial charge in [0.15, 0.2) is 0 Å². The van der Waals surface area contributed by atoms with Gasteiger partial charge in [-0.3, -0.25) is 4.98 Å². The van der Waals surface area contributed by atoms with Crippen molar-refractivity contribution in [3.8, 4) is 5.75 Å². The van der Waals surface area contributed by atoms with Gasteiger partial charge in [-0.05, 0) is 25.5 Å². The van der Waals surface area contributed by atoms with E-state index in [-0.39, 0.29) is 12.0 Å². The van der Waals surface area contributed by atoms with Crippen molar-refractivity contribution in [2.75, 3.05) is 0 Å². The summed E-state index contributed by atoms with van der Waals surface area (Å²) in [4.78, 5) is 4.15. The molecule has 0 aliphatic heterocycles. The van der Waals surface area contributed by atoms with Crippen LogP contribution in [0.1, 0.15) is 43.9 Å². The molecule has 2 aromatic rings. The molecule has 1 heterocycles. The number of aromatic nitrogens is 1. The predicted octanol–water partition coefficient (Wildman–Crippen LogP) is 3.71. The Labute approximate surface area is 120 Å². The van der Waals surface area contributed by atoms with Crippen LogP contribution in [0.25, 0.3) is 0 Å². The molecule has 0 aliphatic carbocycles. The first-order valence-electron chi connectivity index (χ1n) is 6.92. The summed E-state index contributed by atoms with van der Waals surface area (Å²) in [5.41, 5.74) is 1.88. The van der Waals surface area contributed by atoms with E-state index < -0.39 is 6.10 Å². The van der Waals surface area contributed by atoms with Crippen molar-refractivity contribution in [2.24, 2.45) is 0 Å². The van der Waals surface area contributed by atoms with Crippen molar-refractivity contribution in [1.82, 2.24) is 4.98 Å². The molecular formula is C17H21NO2. The summed E-state index contributed by atoms with van der Waals surface area (Å²) in [5.74, 6) is 0.698. The molecule has 1 aromatic carbocycles. The van der Waals surface area contributed by atoms with E-state index in [2.05, 4.69) is 4.98 Å². The highest BCUT2D eigenvalue weighted by atomic mass is 16.5.